The first-order valence-electron chi connectivity index (χ1n) is 9.64. The Balaban J connectivity index is 2.00. The molecule has 158 valence electrons. The van der Waals surface area contributed by atoms with Gasteiger partial charge in [-0.3, -0.25) is 0 Å². The topological polar surface area (TPSA) is 43.4 Å². The molecule has 0 aromatic heterocycles. The highest BCUT2D eigenvalue weighted by molar-refractivity contribution is 9.10. The second kappa shape index (κ2) is 9.01. The minimum absolute atomic E-state index is 0.138. The zero-order valence-electron chi connectivity index (χ0n) is 16.8. The first-order chi connectivity index (χ1) is 14.9. The van der Waals surface area contributed by atoms with Crippen molar-refractivity contribution in [1.82, 2.24) is 0 Å². The van der Waals surface area contributed by atoms with E-state index in [9.17, 15) is 8.42 Å². The van der Waals surface area contributed by atoms with Gasteiger partial charge in [-0.05, 0) is 77.9 Å². The second-order valence-electron chi connectivity index (χ2n) is 6.97. The number of rotatable bonds is 6. The lowest BCUT2D eigenvalue weighted by Gasteiger charge is -2.39. The predicted octanol–water partition coefficient (Wildman–Crippen LogP) is 7.36. The Morgan fingerprint density at radius 2 is 1.00 bits per heavy atom. The predicted molar refractivity (Wildman–Crippen MR) is 129 cm³/mol. The van der Waals surface area contributed by atoms with Crippen molar-refractivity contribution >= 4 is 36.4 Å². The van der Waals surface area contributed by atoms with Crippen LogP contribution in [0.25, 0.3) is 0 Å². The van der Waals surface area contributed by atoms with E-state index in [0.29, 0.717) is 0 Å². The quantitative estimate of drug-likeness (QED) is 0.271. The minimum atomic E-state index is -4.06. The molecule has 0 N–H and O–H groups in total. The largest absolute Gasteiger partial charge is 0.307 e. The SMILES string of the molecule is Cc1ccc(S(=O)(=O)OS(c2ccccc2)(c2ccccc2)c2ccc(Br)cc2)cc1. The van der Waals surface area contributed by atoms with Crippen LogP contribution in [-0.4, -0.2) is 8.42 Å². The molecule has 4 aromatic carbocycles. The third kappa shape index (κ3) is 4.48. The average molecular weight is 513 g/mol. The summed E-state index contributed by atoms with van der Waals surface area (Å²) >= 11 is 3.48. The molecular formula is C25H21BrO3S2. The first kappa shape index (κ1) is 21.8. The molecular weight excluding hydrogens is 492 g/mol. The van der Waals surface area contributed by atoms with Crippen LogP contribution >= 0.6 is 26.2 Å². The minimum Gasteiger partial charge on any atom is -0.203 e. The molecule has 6 heteroatoms. The third-order valence-electron chi connectivity index (χ3n) is 4.80. The highest BCUT2D eigenvalue weighted by Crippen LogP contribution is 2.70. The van der Waals surface area contributed by atoms with Crippen LogP contribution < -0.4 is 0 Å². The van der Waals surface area contributed by atoms with E-state index in [4.69, 9.17) is 3.63 Å². The Kier molecular flexibility index (Phi) is 6.34. The normalized spacial score (nSPS) is 12.5. The fourth-order valence-electron chi connectivity index (χ4n) is 3.26. The van der Waals surface area contributed by atoms with E-state index in [0.717, 1.165) is 24.7 Å². The van der Waals surface area contributed by atoms with Crippen molar-refractivity contribution in [1.29, 1.82) is 0 Å². The van der Waals surface area contributed by atoms with Gasteiger partial charge in [-0.2, -0.15) is 8.42 Å². The number of halogens is 1. The number of hydrogen-bond acceptors (Lipinski definition) is 3. The highest BCUT2D eigenvalue weighted by atomic mass is 79.9. The van der Waals surface area contributed by atoms with Crippen LogP contribution in [0.3, 0.4) is 0 Å². The van der Waals surface area contributed by atoms with E-state index in [1.54, 1.807) is 24.3 Å². The lowest BCUT2D eigenvalue weighted by Crippen LogP contribution is -2.14. The Hall–Kier alpha value is -2.38. The lowest BCUT2D eigenvalue weighted by molar-refractivity contribution is 0.508. The van der Waals surface area contributed by atoms with Gasteiger partial charge in [-0.1, -0.05) is 70.0 Å². The van der Waals surface area contributed by atoms with Gasteiger partial charge in [0.05, 0.1) is 4.90 Å². The van der Waals surface area contributed by atoms with Crippen LogP contribution in [-0.2, 0) is 13.7 Å². The van der Waals surface area contributed by atoms with Gasteiger partial charge in [-0.15, -0.1) is 0 Å². The van der Waals surface area contributed by atoms with E-state index < -0.39 is 20.4 Å². The summed E-state index contributed by atoms with van der Waals surface area (Å²) in [5.74, 6) is 0. The van der Waals surface area contributed by atoms with E-state index >= 15 is 0 Å². The van der Waals surface area contributed by atoms with Gasteiger partial charge >= 0.3 is 10.1 Å². The zero-order chi connectivity index (χ0) is 21.9. The van der Waals surface area contributed by atoms with E-state index in [-0.39, 0.29) is 4.90 Å². The van der Waals surface area contributed by atoms with Crippen molar-refractivity contribution in [3.8, 4) is 0 Å². The van der Waals surface area contributed by atoms with Crippen LogP contribution in [0.4, 0.5) is 0 Å². The number of aryl methyl sites for hydroxylation is 1. The standard InChI is InChI=1S/C25H21BrO3S2/c1-20-12-16-25(17-13-20)31(27,28)29-30(22-8-4-2-5-9-22,23-10-6-3-7-11-23)24-18-14-21(26)15-19-24/h2-19H,1H3. The molecule has 4 rings (SSSR count). The van der Waals surface area contributed by atoms with Crippen molar-refractivity contribution in [2.45, 2.75) is 26.5 Å². The maximum Gasteiger partial charge on any atom is 0.307 e. The number of benzene rings is 4. The van der Waals surface area contributed by atoms with Gasteiger partial charge in [-0.25, -0.2) is 3.63 Å². The summed E-state index contributed by atoms with van der Waals surface area (Å²) in [6.07, 6.45) is 0. The van der Waals surface area contributed by atoms with Crippen molar-refractivity contribution in [3.63, 3.8) is 0 Å². The van der Waals surface area contributed by atoms with Gasteiger partial charge < -0.3 is 0 Å². The Morgan fingerprint density at radius 3 is 1.48 bits per heavy atom. The third-order valence-corrected chi connectivity index (χ3v) is 10.5. The summed E-state index contributed by atoms with van der Waals surface area (Å²) in [6, 6.07) is 33.5. The van der Waals surface area contributed by atoms with Crippen LogP contribution in [0.15, 0.2) is 133 Å². The molecule has 31 heavy (non-hydrogen) atoms. The van der Waals surface area contributed by atoms with Gasteiger partial charge in [0.15, 0.2) is 0 Å². The van der Waals surface area contributed by atoms with Crippen LogP contribution in [0.1, 0.15) is 5.56 Å². The molecule has 3 nitrogen and oxygen atoms in total. The molecule has 0 aliphatic heterocycles. The van der Waals surface area contributed by atoms with Crippen molar-refractivity contribution in [2.24, 2.45) is 0 Å². The zero-order valence-corrected chi connectivity index (χ0v) is 20.0. The number of hydrogen-bond donors (Lipinski definition) is 0. The summed E-state index contributed by atoms with van der Waals surface area (Å²) in [5, 5.41) is 0. The first-order valence-corrected chi connectivity index (χ1v) is 13.4. The van der Waals surface area contributed by atoms with Crippen molar-refractivity contribution < 1.29 is 12.0 Å². The maximum atomic E-state index is 13.5. The molecule has 0 saturated carbocycles. The highest BCUT2D eigenvalue weighted by Gasteiger charge is 2.38. The molecule has 0 radical (unpaired) electrons. The fraction of sp³-hybridized carbons (Fsp3) is 0.0400. The summed E-state index contributed by atoms with van der Waals surface area (Å²) in [7, 11) is -6.64. The molecule has 0 fully saturated rings. The molecule has 0 heterocycles. The second-order valence-corrected chi connectivity index (χ2v) is 12.3. The maximum absolute atomic E-state index is 13.5. The van der Waals surface area contributed by atoms with Gasteiger partial charge in [0.25, 0.3) is 0 Å². The Labute approximate surface area is 193 Å². The van der Waals surface area contributed by atoms with Crippen molar-refractivity contribution in [3.05, 3.63) is 119 Å². The molecule has 0 aliphatic carbocycles. The average Bonchev–Trinajstić information content (AvgIpc) is 2.79. The van der Waals surface area contributed by atoms with Gasteiger partial charge in [0.1, 0.15) is 0 Å². The summed E-state index contributed by atoms with van der Waals surface area (Å²) in [5.41, 5.74) is 0.983. The van der Waals surface area contributed by atoms with E-state index in [2.05, 4.69) is 15.9 Å². The van der Waals surface area contributed by atoms with Crippen LogP contribution in [0, 0.1) is 6.92 Å². The van der Waals surface area contributed by atoms with Gasteiger partial charge in [0, 0.05) is 19.2 Å². The lowest BCUT2D eigenvalue weighted by atomic mass is 10.2. The van der Waals surface area contributed by atoms with Gasteiger partial charge in [0.2, 0.25) is 0 Å². The molecule has 0 bridgehead atoms. The molecule has 4 aromatic rings. The molecule has 0 spiro atoms. The monoisotopic (exact) mass is 512 g/mol. The van der Waals surface area contributed by atoms with E-state index in [1.165, 1.54) is 0 Å². The molecule has 0 saturated heterocycles. The summed E-state index contributed by atoms with van der Waals surface area (Å²) < 4.78 is 34.3. The Morgan fingerprint density at radius 1 is 0.581 bits per heavy atom. The van der Waals surface area contributed by atoms with E-state index in [1.807, 2.05) is 91.9 Å². The van der Waals surface area contributed by atoms with Crippen LogP contribution in [0.2, 0.25) is 0 Å². The van der Waals surface area contributed by atoms with Crippen LogP contribution in [0.5, 0.6) is 0 Å². The smallest absolute Gasteiger partial charge is 0.203 e. The summed E-state index contributed by atoms with van der Waals surface area (Å²) in [4.78, 5) is 2.54. The molecule has 0 unspecified atom stereocenters. The summed E-state index contributed by atoms with van der Waals surface area (Å²) in [6.45, 7) is 1.92. The molecule has 0 aliphatic rings. The Bertz CT molecular complexity index is 1220. The fourth-order valence-corrected chi connectivity index (χ4v) is 8.74. The van der Waals surface area contributed by atoms with Crippen molar-refractivity contribution in [2.75, 3.05) is 0 Å². The molecule has 0 atom stereocenters. The molecule has 0 amide bonds.